The summed E-state index contributed by atoms with van der Waals surface area (Å²) in [6, 6.07) is 34.6. The van der Waals surface area contributed by atoms with Crippen LogP contribution in [0.25, 0.3) is 0 Å². The number of hydrogen-bond acceptors (Lipinski definition) is 2. The van der Waals surface area contributed by atoms with Gasteiger partial charge in [0.1, 0.15) is 11.5 Å². The normalized spacial score (nSPS) is 8.62. The van der Waals surface area contributed by atoms with E-state index in [-0.39, 0.29) is 26.2 Å². The van der Waals surface area contributed by atoms with Gasteiger partial charge in [-0.05, 0) is 48.2 Å². The molecular formula is C26H30O2Zr. The smallest absolute Gasteiger partial charge is 0.508 e. The molecule has 3 heteroatoms. The molecule has 2 N–H and O–H groups in total. The van der Waals surface area contributed by atoms with Gasteiger partial charge in [-0.3, -0.25) is 0 Å². The van der Waals surface area contributed by atoms with E-state index >= 15 is 0 Å². The molecule has 2 nitrogen and oxygen atoms in total. The summed E-state index contributed by atoms with van der Waals surface area (Å²) in [6.07, 6.45) is 1.96. The monoisotopic (exact) mass is 464 g/mol. The fraction of sp³-hybridized carbons (Fsp3) is 0.154. The van der Waals surface area contributed by atoms with Crippen LogP contribution >= 0.6 is 0 Å². The number of benzene rings is 2. The quantitative estimate of drug-likeness (QED) is 0.323. The molecular weight excluding hydrogens is 436 g/mol. The molecule has 0 saturated carbocycles. The largest absolute Gasteiger partial charge is 2.00 e. The van der Waals surface area contributed by atoms with E-state index in [1.807, 2.05) is 84.9 Å². The molecule has 0 aromatic heterocycles. The molecule has 0 saturated heterocycles. The van der Waals surface area contributed by atoms with Crippen LogP contribution in [0.5, 0.6) is 11.5 Å². The first-order chi connectivity index (χ1) is 13.7. The van der Waals surface area contributed by atoms with Gasteiger partial charge < -0.3 is 10.2 Å². The van der Waals surface area contributed by atoms with Crippen LogP contribution in [0.2, 0.25) is 0 Å². The number of phenols is 2. The van der Waals surface area contributed by atoms with E-state index in [9.17, 15) is 0 Å². The van der Waals surface area contributed by atoms with Crippen LogP contribution < -0.4 is 0 Å². The van der Waals surface area contributed by atoms with E-state index in [4.69, 9.17) is 10.2 Å². The Morgan fingerprint density at radius 1 is 0.586 bits per heavy atom. The molecule has 29 heavy (non-hydrogen) atoms. The Labute approximate surface area is 194 Å². The van der Waals surface area contributed by atoms with E-state index in [0.29, 0.717) is 11.5 Å². The Kier molecular flexibility index (Phi) is 16.3. The van der Waals surface area contributed by atoms with Crippen LogP contribution in [-0.2, 0) is 39.0 Å². The zero-order valence-corrected chi connectivity index (χ0v) is 19.7. The maximum Gasteiger partial charge on any atom is 2.00 e. The van der Waals surface area contributed by atoms with Crippen LogP contribution in [0.3, 0.4) is 0 Å². The minimum absolute atomic E-state index is 0. The number of rotatable bonds is 2. The van der Waals surface area contributed by atoms with Gasteiger partial charge in [0.25, 0.3) is 0 Å². The molecule has 0 unspecified atom stereocenters. The van der Waals surface area contributed by atoms with Gasteiger partial charge in [-0.2, -0.15) is 36.4 Å². The van der Waals surface area contributed by atoms with E-state index < -0.39 is 0 Å². The van der Waals surface area contributed by atoms with Crippen molar-refractivity contribution in [2.45, 2.75) is 26.7 Å². The van der Waals surface area contributed by atoms with Crippen molar-refractivity contribution >= 4 is 0 Å². The van der Waals surface area contributed by atoms with Crippen molar-refractivity contribution in [1.29, 1.82) is 0 Å². The summed E-state index contributed by atoms with van der Waals surface area (Å²) in [7, 11) is 0. The topological polar surface area (TPSA) is 40.5 Å². The Hall–Kier alpha value is -2.38. The second-order valence-electron chi connectivity index (χ2n) is 5.97. The van der Waals surface area contributed by atoms with E-state index in [1.54, 1.807) is 24.3 Å². The van der Waals surface area contributed by atoms with Gasteiger partial charge in [-0.1, -0.05) is 38.1 Å². The average Bonchev–Trinajstić information content (AvgIpc) is 3.47. The van der Waals surface area contributed by atoms with Crippen molar-refractivity contribution in [1.82, 2.24) is 0 Å². The molecule has 0 amide bonds. The van der Waals surface area contributed by atoms with Crippen LogP contribution in [0.15, 0.2) is 109 Å². The Morgan fingerprint density at radius 2 is 0.931 bits per heavy atom. The predicted octanol–water partition coefficient (Wildman–Crippen LogP) is 6.72. The Morgan fingerprint density at radius 3 is 1.10 bits per heavy atom. The molecule has 150 valence electrons. The van der Waals surface area contributed by atoms with Crippen molar-refractivity contribution in [3.8, 4) is 11.5 Å². The van der Waals surface area contributed by atoms with Gasteiger partial charge in [-0.15, -0.1) is 0 Å². The maximum atomic E-state index is 8.94. The molecule has 4 rings (SSSR count). The molecule has 0 bridgehead atoms. The van der Waals surface area contributed by atoms with Crippen molar-refractivity contribution in [3.05, 3.63) is 120 Å². The Bertz CT molecular complexity index is 715. The third-order valence-corrected chi connectivity index (χ3v) is 3.75. The van der Waals surface area contributed by atoms with Crippen molar-refractivity contribution < 1.29 is 36.4 Å². The third kappa shape index (κ3) is 14.3. The van der Waals surface area contributed by atoms with Crippen molar-refractivity contribution in [3.63, 3.8) is 0 Å². The van der Waals surface area contributed by atoms with Gasteiger partial charge in [0.15, 0.2) is 0 Å². The van der Waals surface area contributed by atoms with Gasteiger partial charge in [-0.25, -0.2) is 24.3 Å². The molecule has 0 atom stereocenters. The first-order valence-corrected chi connectivity index (χ1v) is 9.54. The van der Waals surface area contributed by atoms with Crippen LogP contribution in [-0.4, -0.2) is 10.2 Å². The van der Waals surface area contributed by atoms with Crippen molar-refractivity contribution in [2.75, 3.05) is 0 Å². The average molecular weight is 466 g/mol. The molecule has 0 aliphatic heterocycles. The van der Waals surface area contributed by atoms with E-state index in [1.165, 1.54) is 11.1 Å². The fourth-order valence-electron chi connectivity index (χ4n) is 2.19. The van der Waals surface area contributed by atoms with Crippen molar-refractivity contribution in [2.24, 2.45) is 0 Å². The summed E-state index contributed by atoms with van der Waals surface area (Å²) in [5, 5.41) is 17.9. The summed E-state index contributed by atoms with van der Waals surface area (Å²) >= 11 is 0. The van der Waals surface area contributed by atoms with Crippen LogP contribution in [0.4, 0.5) is 0 Å². The standard InChI is InChI=1S/2C8H10O.2C5H5.Zr/c2*1-2-7-4-3-5-8(9)6-7;2*1-2-4-5-3-1;/h2*3-6,9H,2H2,1H3;2*1-5H;/q;;2*-1;+2. The molecule has 0 spiro atoms. The second-order valence-corrected chi connectivity index (χ2v) is 5.97. The summed E-state index contributed by atoms with van der Waals surface area (Å²) < 4.78 is 0. The summed E-state index contributed by atoms with van der Waals surface area (Å²) in [6.45, 7) is 4.13. The molecule has 0 fully saturated rings. The zero-order valence-electron chi connectivity index (χ0n) is 17.2. The molecule has 0 aliphatic carbocycles. The molecule has 0 heterocycles. The predicted molar refractivity (Wildman–Crippen MR) is 119 cm³/mol. The van der Waals surface area contributed by atoms with Gasteiger partial charge in [0, 0.05) is 0 Å². The molecule has 0 aliphatic rings. The van der Waals surface area contributed by atoms with Crippen LogP contribution in [0, 0.1) is 0 Å². The third-order valence-electron chi connectivity index (χ3n) is 3.75. The summed E-state index contributed by atoms with van der Waals surface area (Å²) in [4.78, 5) is 0. The molecule has 4 aromatic carbocycles. The number of aryl methyl sites for hydroxylation is 2. The molecule has 4 aromatic rings. The zero-order chi connectivity index (χ0) is 20.5. The maximum absolute atomic E-state index is 8.94. The van der Waals surface area contributed by atoms with E-state index in [2.05, 4.69) is 13.8 Å². The van der Waals surface area contributed by atoms with Crippen LogP contribution in [0.1, 0.15) is 25.0 Å². The minimum Gasteiger partial charge on any atom is -0.508 e. The summed E-state index contributed by atoms with van der Waals surface area (Å²) in [5.41, 5.74) is 2.35. The number of aromatic hydroxyl groups is 2. The first kappa shape index (κ1) is 26.6. The minimum atomic E-state index is 0. The molecule has 0 radical (unpaired) electrons. The van der Waals surface area contributed by atoms with Gasteiger partial charge >= 0.3 is 26.2 Å². The number of hydrogen-bond donors (Lipinski definition) is 2. The summed E-state index contributed by atoms with van der Waals surface area (Å²) in [5.74, 6) is 0.712. The first-order valence-electron chi connectivity index (χ1n) is 9.54. The Balaban J connectivity index is 0.000000369. The van der Waals surface area contributed by atoms with E-state index in [0.717, 1.165) is 12.8 Å². The fourth-order valence-corrected chi connectivity index (χ4v) is 2.19. The number of phenolic OH excluding ortho intramolecular Hbond substituents is 2. The van der Waals surface area contributed by atoms with Gasteiger partial charge in [0.05, 0.1) is 0 Å². The van der Waals surface area contributed by atoms with Gasteiger partial charge in [0.2, 0.25) is 0 Å². The SMILES string of the molecule is CCc1cccc(O)c1.CCc1cccc(O)c1.[Zr+2].c1cc[cH-]c1.c1cc[cH-]c1. The second kappa shape index (κ2) is 17.7.